The largest absolute Gasteiger partial charge is 0.461 e. The van der Waals surface area contributed by atoms with Gasteiger partial charge in [0.2, 0.25) is 5.91 Å². The number of alkyl halides is 1. The number of amides is 1. The molecule has 1 amide bonds. The third kappa shape index (κ3) is 6.06. The predicted octanol–water partition coefficient (Wildman–Crippen LogP) is 5.20. The van der Waals surface area contributed by atoms with Gasteiger partial charge in [-0.15, -0.1) is 0 Å². The number of rotatable bonds is 3. The number of carbonyl (C=O) groups is 1. The summed E-state index contributed by atoms with van der Waals surface area (Å²) in [5.41, 5.74) is 4.60. The molecule has 2 aromatic carbocycles. The van der Waals surface area contributed by atoms with E-state index in [1.54, 1.807) is 0 Å². The normalized spacial score (nSPS) is 25.5. The zero-order valence-corrected chi connectivity index (χ0v) is 26.7. The van der Waals surface area contributed by atoms with E-state index in [0.717, 1.165) is 19.4 Å². The number of anilines is 2. The maximum absolute atomic E-state index is 16.8. The van der Waals surface area contributed by atoms with E-state index < -0.39 is 34.7 Å². The minimum atomic E-state index is -0.994. The summed E-state index contributed by atoms with van der Waals surface area (Å²) >= 11 is 6.41. The van der Waals surface area contributed by atoms with Crippen LogP contribution in [0, 0.1) is 23.4 Å². The molecule has 3 aromatic rings. The van der Waals surface area contributed by atoms with Crippen LogP contribution < -0.4 is 20.7 Å². The number of ether oxygens (including phenoxy) is 2. The molecule has 47 heavy (non-hydrogen) atoms. The molecule has 1 unspecified atom stereocenters. The minimum absolute atomic E-state index is 0.00543. The van der Waals surface area contributed by atoms with Crippen LogP contribution in [0.1, 0.15) is 44.1 Å². The Labute approximate surface area is 274 Å². The van der Waals surface area contributed by atoms with Gasteiger partial charge in [0.15, 0.2) is 11.6 Å². The van der Waals surface area contributed by atoms with Gasteiger partial charge in [0.05, 0.1) is 35.0 Å². The molecule has 6 heterocycles. The zero-order chi connectivity index (χ0) is 32.9. The molecular weight excluding hydrogens is 640 g/mol. The summed E-state index contributed by atoms with van der Waals surface area (Å²) in [5, 5.41) is 2.75. The Kier molecular flexibility index (Phi) is 8.81. The van der Waals surface area contributed by atoms with Crippen molar-refractivity contribution >= 4 is 39.9 Å². The van der Waals surface area contributed by atoms with Crippen LogP contribution in [-0.2, 0) is 16.0 Å². The highest BCUT2D eigenvalue weighted by atomic mass is 35.5. The molecule has 3 saturated heterocycles. The SMILES string of the molecule is Nc1cc2c(c(Cl)c1F)CCCCC(=O)NCC1COCCN(C1)c1nc(OC[C@@]34CCCN3C[C@H](F)C4)nc3c(F)c-2c(F)cc13. The number of fused-ring (bicyclic) bond motifs is 8. The van der Waals surface area contributed by atoms with Crippen LogP contribution in [0.2, 0.25) is 5.02 Å². The lowest BCUT2D eigenvalue weighted by Crippen LogP contribution is -2.43. The molecular formula is C33H37ClF4N6O3. The van der Waals surface area contributed by atoms with E-state index in [9.17, 15) is 13.6 Å². The van der Waals surface area contributed by atoms with Crippen molar-refractivity contribution in [3.05, 3.63) is 40.2 Å². The summed E-state index contributed by atoms with van der Waals surface area (Å²) in [7, 11) is 0. The molecule has 0 radical (unpaired) electrons. The number of benzene rings is 2. The minimum Gasteiger partial charge on any atom is -0.461 e. The molecule has 14 heteroatoms. The summed E-state index contributed by atoms with van der Waals surface area (Å²) < 4.78 is 74.5. The molecule has 252 valence electrons. The van der Waals surface area contributed by atoms with Gasteiger partial charge < -0.3 is 25.4 Å². The van der Waals surface area contributed by atoms with Gasteiger partial charge in [-0.1, -0.05) is 11.6 Å². The van der Waals surface area contributed by atoms with E-state index in [1.165, 1.54) is 12.1 Å². The van der Waals surface area contributed by atoms with Crippen LogP contribution in [0.4, 0.5) is 29.1 Å². The Bertz CT molecular complexity index is 1720. The van der Waals surface area contributed by atoms with E-state index in [-0.39, 0.29) is 75.8 Å². The average molecular weight is 677 g/mol. The number of nitrogens with one attached hydrogen (secondary N) is 1. The van der Waals surface area contributed by atoms with E-state index in [0.29, 0.717) is 58.7 Å². The van der Waals surface area contributed by atoms with Gasteiger partial charge in [-0.05, 0) is 61.9 Å². The first-order chi connectivity index (χ1) is 22.6. The molecule has 5 aliphatic heterocycles. The molecule has 0 spiro atoms. The van der Waals surface area contributed by atoms with Crippen LogP contribution in [0.3, 0.4) is 0 Å². The van der Waals surface area contributed by atoms with E-state index in [1.807, 2.05) is 4.90 Å². The molecule has 3 atom stereocenters. The monoisotopic (exact) mass is 676 g/mol. The van der Waals surface area contributed by atoms with Crippen LogP contribution in [0.15, 0.2) is 12.1 Å². The third-order valence-electron chi connectivity index (χ3n) is 9.98. The zero-order valence-electron chi connectivity index (χ0n) is 25.9. The van der Waals surface area contributed by atoms with Crippen molar-refractivity contribution in [1.29, 1.82) is 0 Å². The van der Waals surface area contributed by atoms with Crippen molar-refractivity contribution in [2.45, 2.75) is 56.7 Å². The Morgan fingerprint density at radius 3 is 2.79 bits per heavy atom. The first kappa shape index (κ1) is 32.1. The summed E-state index contributed by atoms with van der Waals surface area (Å²) in [4.78, 5) is 25.8. The van der Waals surface area contributed by atoms with Crippen LogP contribution in [-0.4, -0.2) is 85.0 Å². The fourth-order valence-corrected chi connectivity index (χ4v) is 7.95. The van der Waals surface area contributed by atoms with E-state index in [4.69, 9.17) is 26.8 Å². The van der Waals surface area contributed by atoms with Crippen molar-refractivity contribution in [1.82, 2.24) is 20.2 Å². The fourth-order valence-electron chi connectivity index (χ4n) is 7.64. The number of nitrogen functional groups attached to an aromatic ring is 1. The second-order valence-electron chi connectivity index (χ2n) is 13.2. The van der Waals surface area contributed by atoms with Gasteiger partial charge in [-0.3, -0.25) is 9.69 Å². The number of carbonyl (C=O) groups excluding carboxylic acids is 1. The first-order valence-corrected chi connectivity index (χ1v) is 16.6. The predicted molar refractivity (Wildman–Crippen MR) is 170 cm³/mol. The number of halogens is 5. The summed E-state index contributed by atoms with van der Waals surface area (Å²) in [6, 6.07) is 2.23. The maximum Gasteiger partial charge on any atom is 0.319 e. The molecule has 1 aromatic heterocycles. The van der Waals surface area contributed by atoms with E-state index in [2.05, 4.69) is 20.2 Å². The maximum atomic E-state index is 16.8. The van der Waals surface area contributed by atoms with Gasteiger partial charge in [0.25, 0.3) is 0 Å². The highest BCUT2D eigenvalue weighted by Gasteiger charge is 2.49. The van der Waals surface area contributed by atoms with Crippen LogP contribution >= 0.6 is 11.6 Å². The van der Waals surface area contributed by atoms with Gasteiger partial charge in [-0.2, -0.15) is 9.97 Å². The molecule has 0 aliphatic carbocycles. The Hall–Kier alpha value is -3.42. The van der Waals surface area contributed by atoms with Gasteiger partial charge in [0, 0.05) is 50.3 Å². The van der Waals surface area contributed by atoms with Crippen molar-refractivity contribution in [2.24, 2.45) is 5.92 Å². The summed E-state index contributed by atoms with van der Waals surface area (Å²) in [6.45, 7) is 2.98. The van der Waals surface area contributed by atoms with Crippen molar-refractivity contribution in [3.8, 4) is 17.1 Å². The number of hydrogen-bond acceptors (Lipinski definition) is 8. The lowest BCUT2D eigenvalue weighted by atomic mass is 9.93. The Morgan fingerprint density at radius 2 is 1.94 bits per heavy atom. The summed E-state index contributed by atoms with van der Waals surface area (Å²) in [5.74, 6) is -2.83. The first-order valence-electron chi connectivity index (χ1n) is 16.2. The number of aromatic nitrogens is 2. The topological polar surface area (TPSA) is 106 Å². The Morgan fingerprint density at radius 1 is 1.11 bits per heavy atom. The molecule has 3 fully saturated rings. The highest BCUT2D eigenvalue weighted by Crippen LogP contribution is 2.43. The molecule has 5 aliphatic rings. The van der Waals surface area contributed by atoms with Gasteiger partial charge >= 0.3 is 6.01 Å². The average Bonchev–Trinajstić information content (AvgIpc) is 3.45. The van der Waals surface area contributed by atoms with Gasteiger partial charge in [0.1, 0.15) is 29.9 Å². The van der Waals surface area contributed by atoms with Crippen molar-refractivity contribution in [2.75, 3.05) is 63.2 Å². The Balaban J connectivity index is 1.39. The fraction of sp³-hybridized carbons (Fsp3) is 0.545. The molecule has 6 bridgehead atoms. The summed E-state index contributed by atoms with van der Waals surface area (Å²) in [6.07, 6.45) is 2.24. The third-order valence-corrected chi connectivity index (χ3v) is 10.4. The lowest BCUT2D eigenvalue weighted by Gasteiger charge is -2.31. The molecule has 0 saturated carbocycles. The van der Waals surface area contributed by atoms with Crippen molar-refractivity contribution in [3.63, 3.8) is 0 Å². The number of nitrogens with zero attached hydrogens (tertiary/aromatic N) is 4. The second kappa shape index (κ2) is 12.9. The molecule has 8 rings (SSSR count). The molecule has 3 N–H and O–H groups in total. The van der Waals surface area contributed by atoms with E-state index >= 15 is 8.78 Å². The van der Waals surface area contributed by atoms with Gasteiger partial charge in [-0.25, -0.2) is 17.6 Å². The smallest absolute Gasteiger partial charge is 0.319 e. The van der Waals surface area contributed by atoms with Crippen molar-refractivity contribution < 1.29 is 31.8 Å². The quantitative estimate of drug-likeness (QED) is 0.288. The highest BCUT2D eigenvalue weighted by molar-refractivity contribution is 6.32. The lowest BCUT2D eigenvalue weighted by molar-refractivity contribution is -0.121. The van der Waals surface area contributed by atoms with Crippen LogP contribution in [0.5, 0.6) is 6.01 Å². The second-order valence-corrected chi connectivity index (χ2v) is 13.5. The van der Waals surface area contributed by atoms with Crippen LogP contribution in [0.25, 0.3) is 22.0 Å². The number of nitrogens with two attached hydrogens (primary N) is 1. The number of hydrogen-bond donors (Lipinski definition) is 2. The molecule has 9 nitrogen and oxygen atoms in total. The standard InChI is InChI=1S/C33H37ClF4N6O3/c34-27-20-4-1-2-5-25(45)40-13-18-14-43(8-9-46-16-18)31-22-10-23(36)26(21(20)11-24(39)28(27)37)29(38)30(22)41-32(42-31)47-17-33-6-3-7-44(33)15-19(35)12-33/h10-11,18-19H,1-9,12-17,39H2,(H,40,45)/t18?,19-,33+/m1/s1.